The van der Waals surface area contributed by atoms with Crippen LogP contribution in [-0.2, 0) is 4.79 Å². The Morgan fingerprint density at radius 3 is 2.33 bits per heavy atom. The monoisotopic (exact) mass is 177 g/mol. The van der Waals surface area contributed by atoms with Crippen molar-refractivity contribution in [3.8, 4) is 0 Å². The predicted octanol–water partition coefficient (Wildman–Crippen LogP) is 1.91. The zero-order valence-corrected chi connectivity index (χ0v) is 7.07. The van der Waals surface area contributed by atoms with Crippen LogP contribution in [0, 0.1) is 5.92 Å². The molecule has 1 amide bonds. The first-order valence-corrected chi connectivity index (χ1v) is 4.19. The van der Waals surface area contributed by atoms with Crippen LogP contribution in [0.1, 0.15) is 32.6 Å². The summed E-state index contributed by atoms with van der Waals surface area (Å²) in [6.07, 6.45) is 2.74. The molecule has 0 atom stereocenters. The van der Waals surface area contributed by atoms with Gasteiger partial charge in [0.25, 0.3) is 0 Å². The van der Waals surface area contributed by atoms with Gasteiger partial charge >= 0.3 is 6.05 Å². The molecule has 0 aromatic heterocycles. The summed E-state index contributed by atoms with van der Waals surface area (Å²) >= 11 is 0. The minimum absolute atomic E-state index is 0.521. The van der Waals surface area contributed by atoms with Gasteiger partial charge in [0, 0.05) is 12.8 Å². The van der Waals surface area contributed by atoms with Gasteiger partial charge in [0.2, 0.25) is 5.91 Å². The molecule has 0 heterocycles. The summed E-state index contributed by atoms with van der Waals surface area (Å²) < 4.78 is 26.1. The van der Waals surface area contributed by atoms with Crippen LogP contribution in [-0.4, -0.2) is 12.0 Å². The van der Waals surface area contributed by atoms with Gasteiger partial charge in [0.1, 0.15) is 0 Å². The van der Waals surface area contributed by atoms with Crippen LogP contribution in [0.3, 0.4) is 0 Å². The Morgan fingerprint density at radius 1 is 1.42 bits per heavy atom. The molecule has 1 saturated carbocycles. The largest absolute Gasteiger partial charge is 0.328 e. The number of carbonyl (C=O) groups is 1. The van der Waals surface area contributed by atoms with Crippen molar-refractivity contribution in [3.05, 3.63) is 0 Å². The molecule has 1 rings (SSSR count). The van der Waals surface area contributed by atoms with E-state index in [-0.39, 0.29) is 0 Å². The second kappa shape index (κ2) is 3.37. The molecule has 0 radical (unpaired) electrons. The lowest BCUT2D eigenvalue weighted by molar-refractivity contribution is -0.138. The minimum atomic E-state index is -3.00. The topological polar surface area (TPSA) is 29.1 Å². The van der Waals surface area contributed by atoms with Gasteiger partial charge in [-0.2, -0.15) is 8.78 Å². The second-order valence-corrected chi connectivity index (χ2v) is 3.29. The van der Waals surface area contributed by atoms with Crippen LogP contribution in [0.5, 0.6) is 0 Å². The van der Waals surface area contributed by atoms with Crippen molar-refractivity contribution in [1.29, 1.82) is 0 Å². The first-order valence-electron chi connectivity index (χ1n) is 4.19. The quantitative estimate of drug-likeness (QED) is 0.641. The zero-order valence-electron chi connectivity index (χ0n) is 7.07. The first-order chi connectivity index (χ1) is 5.52. The van der Waals surface area contributed by atoms with E-state index in [0.29, 0.717) is 12.8 Å². The fraction of sp³-hybridized carbons (Fsp3) is 0.875. The fourth-order valence-corrected chi connectivity index (χ4v) is 1.63. The number of alkyl halides is 2. The number of rotatable bonds is 2. The Balaban J connectivity index is 2.50. The highest BCUT2D eigenvalue weighted by atomic mass is 19.3. The van der Waals surface area contributed by atoms with E-state index in [1.54, 1.807) is 5.32 Å². The van der Waals surface area contributed by atoms with E-state index in [0.717, 1.165) is 19.8 Å². The molecule has 12 heavy (non-hydrogen) atoms. The van der Waals surface area contributed by atoms with Crippen LogP contribution in [0.2, 0.25) is 0 Å². The number of hydrogen-bond acceptors (Lipinski definition) is 1. The molecule has 0 aromatic rings. The molecule has 1 fully saturated rings. The average Bonchev–Trinajstić information content (AvgIpc) is 2.32. The Labute approximate surface area is 70.3 Å². The highest BCUT2D eigenvalue weighted by Crippen LogP contribution is 2.35. The molecule has 1 aliphatic rings. The standard InChI is InChI=1S/C8H13F2NO/c1-6(12)11-8(9,10)7-4-2-3-5-7/h7H,2-5H2,1H3,(H,11,12). The maximum atomic E-state index is 13.0. The third kappa shape index (κ3) is 2.16. The van der Waals surface area contributed by atoms with E-state index < -0.39 is 17.9 Å². The smallest absolute Gasteiger partial charge is 0.297 e. The second-order valence-electron chi connectivity index (χ2n) is 3.29. The summed E-state index contributed by atoms with van der Waals surface area (Å²) in [5.74, 6) is -1.31. The minimum Gasteiger partial charge on any atom is -0.297 e. The summed E-state index contributed by atoms with van der Waals surface area (Å²) in [6.45, 7) is 1.11. The fourth-order valence-electron chi connectivity index (χ4n) is 1.63. The number of amides is 1. The number of carbonyl (C=O) groups excluding carboxylic acids is 1. The van der Waals surface area contributed by atoms with E-state index in [9.17, 15) is 13.6 Å². The summed E-state index contributed by atoms with van der Waals surface area (Å²) in [6, 6.07) is -3.00. The summed E-state index contributed by atoms with van der Waals surface area (Å²) in [4.78, 5) is 10.4. The number of nitrogens with one attached hydrogen (secondary N) is 1. The molecule has 0 aromatic carbocycles. The molecule has 1 N–H and O–H groups in total. The van der Waals surface area contributed by atoms with E-state index in [1.165, 1.54) is 0 Å². The molecular formula is C8H13F2NO. The Morgan fingerprint density at radius 2 is 1.92 bits per heavy atom. The van der Waals surface area contributed by atoms with Crippen LogP contribution in [0.4, 0.5) is 8.78 Å². The van der Waals surface area contributed by atoms with Crippen molar-refractivity contribution in [2.75, 3.05) is 0 Å². The van der Waals surface area contributed by atoms with Crippen LogP contribution in [0.25, 0.3) is 0 Å². The molecule has 2 nitrogen and oxygen atoms in total. The van der Waals surface area contributed by atoms with Gasteiger partial charge < -0.3 is 0 Å². The highest BCUT2D eigenvalue weighted by molar-refractivity contribution is 5.73. The number of halogens is 2. The van der Waals surface area contributed by atoms with E-state index >= 15 is 0 Å². The SMILES string of the molecule is CC(=O)NC(F)(F)C1CCCC1. The van der Waals surface area contributed by atoms with Gasteiger partial charge in [-0.15, -0.1) is 0 Å². The van der Waals surface area contributed by atoms with Crippen molar-refractivity contribution in [2.24, 2.45) is 5.92 Å². The van der Waals surface area contributed by atoms with E-state index in [1.807, 2.05) is 0 Å². The van der Waals surface area contributed by atoms with Crippen LogP contribution < -0.4 is 5.32 Å². The normalized spacial score (nSPS) is 19.6. The molecule has 0 aliphatic heterocycles. The molecule has 0 unspecified atom stereocenters. The van der Waals surface area contributed by atoms with Crippen molar-refractivity contribution >= 4 is 5.91 Å². The molecule has 70 valence electrons. The molecule has 0 spiro atoms. The van der Waals surface area contributed by atoms with Crippen molar-refractivity contribution in [1.82, 2.24) is 5.32 Å². The van der Waals surface area contributed by atoms with Gasteiger partial charge in [-0.25, -0.2) is 0 Å². The van der Waals surface area contributed by atoms with Crippen molar-refractivity contribution in [3.63, 3.8) is 0 Å². The van der Waals surface area contributed by atoms with E-state index in [4.69, 9.17) is 0 Å². The zero-order chi connectivity index (χ0) is 9.19. The molecule has 1 aliphatic carbocycles. The van der Waals surface area contributed by atoms with Gasteiger partial charge in [-0.05, 0) is 12.8 Å². The van der Waals surface area contributed by atoms with Gasteiger partial charge in [-0.3, -0.25) is 10.1 Å². The highest BCUT2D eigenvalue weighted by Gasteiger charge is 2.41. The van der Waals surface area contributed by atoms with Crippen LogP contribution >= 0.6 is 0 Å². The maximum Gasteiger partial charge on any atom is 0.328 e. The predicted molar refractivity (Wildman–Crippen MR) is 40.7 cm³/mol. The van der Waals surface area contributed by atoms with Gasteiger partial charge in [-0.1, -0.05) is 12.8 Å². The lowest BCUT2D eigenvalue weighted by Crippen LogP contribution is -2.45. The summed E-state index contributed by atoms with van der Waals surface area (Å²) in [7, 11) is 0. The van der Waals surface area contributed by atoms with Crippen LogP contribution in [0.15, 0.2) is 0 Å². The van der Waals surface area contributed by atoms with Gasteiger partial charge in [0.05, 0.1) is 0 Å². The summed E-state index contributed by atoms with van der Waals surface area (Å²) in [5.41, 5.74) is 0. The molecular weight excluding hydrogens is 164 g/mol. The van der Waals surface area contributed by atoms with Crippen molar-refractivity contribution < 1.29 is 13.6 Å². The van der Waals surface area contributed by atoms with Gasteiger partial charge in [0.15, 0.2) is 0 Å². The third-order valence-corrected chi connectivity index (χ3v) is 2.21. The summed E-state index contributed by atoms with van der Waals surface area (Å²) in [5, 5.41) is 1.69. The average molecular weight is 177 g/mol. The Hall–Kier alpha value is -0.670. The number of hydrogen-bond donors (Lipinski definition) is 1. The van der Waals surface area contributed by atoms with Crippen molar-refractivity contribution in [2.45, 2.75) is 38.7 Å². The third-order valence-electron chi connectivity index (χ3n) is 2.21. The van der Waals surface area contributed by atoms with E-state index in [2.05, 4.69) is 0 Å². The lowest BCUT2D eigenvalue weighted by Gasteiger charge is -2.22. The maximum absolute atomic E-state index is 13.0. The Kier molecular flexibility index (Phi) is 2.65. The molecule has 0 saturated heterocycles. The Bertz CT molecular complexity index is 176. The lowest BCUT2D eigenvalue weighted by atomic mass is 10.1. The first kappa shape index (κ1) is 9.42. The molecule has 0 bridgehead atoms. The molecule has 4 heteroatoms.